The van der Waals surface area contributed by atoms with E-state index in [0.29, 0.717) is 26.3 Å². The van der Waals surface area contributed by atoms with Crippen LogP contribution in [0.25, 0.3) is 0 Å². The summed E-state index contributed by atoms with van der Waals surface area (Å²) in [7, 11) is 0. The smallest absolute Gasteiger partial charge is 0.132 e. The first-order valence-electron chi connectivity index (χ1n) is 5.26. The molecule has 6 heteroatoms. The third kappa shape index (κ3) is 3.60. The number of benzene rings is 2. The molecule has 0 saturated heterocycles. The van der Waals surface area contributed by atoms with Crippen LogP contribution in [0, 0.1) is 5.82 Å². The van der Waals surface area contributed by atoms with E-state index in [1.54, 1.807) is 18.2 Å². The van der Waals surface area contributed by atoms with Crippen molar-refractivity contribution in [2.24, 2.45) is 5.10 Å². The highest BCUT2D eigenvalue weighted by molar-refractivity contribution is 6.41. The standard InChI is InChI=1S/C13H8Cl3FN2/c14-9-5-10(15)13(11(16)6-9)19-18-7-8-3-1-2-4-12(8)17/h1-7,19H/b18-7-. The third-order valence-electron chi connectivity index (χ3n) is 2.29. The lowest BCUT2D eigenvalue weighted by Gasteiger charge is -2.06. The van der Waals surface area contributed by atoms with Crippen LogP contribution in [0.4, 0.5) is 10.1 Å². The number of anilines is 1. The summed E-state index contributed by atoms with van der Waals surface area (Å²) < 4.78 is 13.3. The van der Waals surface area contributed by atoms with Gasteiger partial charge in [0.25, 0.3) is 0 Å². The molecule has 0 fully saturated rings. The van der Waals surface area contributed by atoms with Crippen molar-refractivity contribution >= 4 is 46.7 Å². The number of hydrazone groups is 1. The number of hydrogen-bond donors (Lipinski definition) is 1. The van der Waals surface area contributed by atoms with Crippen molar-refractivity contribution in [2.45, 2.75) is 0 Å². The van der Waals surface area contributed by atoms with E-state index in [4.69, 9.17) is 34.8 Å². The molecule has 0 aliphatic heterocycles. The second-order valence-electron chi connectivity index (χ2n) is 3.64. The van der Waals surface area contributed by atoms with Crippen molar-refractivity contribution in [1.29, 1.82) is 0 Å². The van der Waals surface area contributed by atoms with Crippen LogP contribution < -0.4 is 5.43 Å². The molecule has 2 rings (SSSR count). The van der Waals surface area contributed by atoms with Crippen molar-refractivity contribution in [2.75, 3.05) is 5.43 Å². The predicted molar refractivity (Wildman–Crippen MR) is 79.1 cm³/mol. The van der Waals surface area contributed by atoms with E-state index in [1.807, 2.05) is 0 Å². The molecule has 0 saturated carbocycles. The summed E-state index contributed by atoms with van der Waals surface area (Å²) in [4.78, 5) is 0. The van der Waals surface area contributed by atoms with Gasteiger partial charge in [0.2, 0.25) is 0 Å². The first kappa shape index (κ1) is 14.1. The molecule has 0 aliphatic rings. The summed E-state index contributed by atoms with van der Waals surface area (Å²) in [5, 5.41) is 5.00. The Labute approximate surface area is 124 Å². The van der Waals surface area contributed by atoms with Gasteiger partial charge >= 0.3 is 0 Å². The largest absolute Gasteiger partial charge is 0.275 e. The Morgan fingerprint density at radius 3 is 2.32 bits per heavy atom. The van der Waals surface area contributed by atoms with Crippen LogP contribution in [0.2, 0.25) is 15.1 Å². The number of hydrogen-bond acceptors (Lipinski definition) is 2. The maximum atomic E-state index is 13.3. The topological polar surface area (TPSA) is 24.4 Å². The van der Waals surface area contributed by atoms with E-state index >= 15 is 0 Å². The second kappa shape index (κ2) is 6.24. The summed E-state index contributed by atoms with van der Waals surface area (Å²) in [6.07, 6.45) is 1.34. The Morgan fingerprint density at radius 2 is 1.68 bits per heavy atom. The zero-order chi connectivity index (χ0) is 13.8. The lowest BCUT2D eigenvalue weighted by atomic mass is 10.2. The van der Waals surface area contributed by atoms with E-state index in [0.717, 1.165) is 0 Å². The van der Waals surface area contributed by atoms with Crippen LogP contribution >= 0.6 is 34.8 Å². The van der Waals surface area contributed by atoms with Gasteiger partial charge in [-0.2, -0.15) is 5.10 Å². The van der Waals surface area contributed by atoms with Gasteiger partial charge in [-0.3, -0.25) is 5.43 Å². The molecule has 2 aromatic rings. The first-order valence-corrected chi connectivity index (χ1v) is 6.39. The number of halogens is 4. The minimum atomic E-state index is -0.360. The quantitative estimate of drug-likeness (QED) is 0.608. The number of nitrogens with zero attached hydrogens (tertiary/aromatic N) is 1. The van der Waals surface area contributed by atoms with E-state index in [9.17, 15) is 4.39 Å². The van der Waals surface area contributed by atoms with Crippen molar-refractivity contribution in [3.63, 3.8) is 0 Å². The average Bonchev–Trinajstić information content (AvgIpc) is 2.34. The van der Waals surface area contributed by atoms with Gasteiger partial charge in [-0.25, -0.2) is 4.39 Å². The van der Waals surface area contributed by atoms with Crippen LogP contribution in [-0.2, 0) is 0 Å². The molecule has 2 nitrogen and oxygen atoms in total. The molecule has 0 aliphatic carbocycles. The fourth-order valence-electron chi connectivity index (χ4n) is 1.40. The van der Waals surface area contributed by atoms with Gasteiger partial charge in [-0.1, -0.05) is 53.0 Å². The van der Waals surface area contributed by atoms with Crippen molar-refractivity contribution in [3.8, 4) is 0 Å². The van der Waals surface area contributed by atoms with Crippen molar-refractivity contribution in [1.82, 2.24) is 0 Å². The minimum Gasteiger partial charge on any atom is -0.275 e. The molecule has 0 heterocycles. The summed E-state index contributed by atoms with van der Waals surface area (Å²) in [6, 6.07) is 9.35. The number of nitrogens with one attached hydrogen (secondary N) is 1. The van der Waals surface area contributed by atoms with E-state index < -0.39 is 0 Å². The Morgan fingerprint density at radius 1 is 1.05 bits per heavy atom. The summed E-state index contributed by atoms with van der Waals surface area (Å²) in [5.74, 6) is -0.360. The predicted octanol–water partition coefficient (Wildman–Crippen LogP) is 5.23. The van der Waals surface area contributed by atoms with Crippen molar-refractivity contribution in [3.05, 3.63) is 62.8 Å². The fourth-order valence-corrected chi connectivity index (χ4v) is 2.30. The molecular formula is C13H8Cl3FN2. The third-order valence-corrected chi connectivity index (χ3v) is 3.11. The van der Waals surface area contributed by atoms with E-state index in [-0.39, 0.29) is 5.82 Å². The highest BCUT2D eigenvalue weighted by atomic mass is 35.5. The molecule has 0 atom stereocenters. The molecule has 2 aromatic carbocycles. The molecule has 1 N–H and O–H groups in total. The normalized spacial score (nSPS) is 10.9. The van der Waals surface area contributed by atoms with Gasteiger partial charge in [-0.15, -0.1) is 0 Å². The average molecular weight is 318 g/mol. The van der Waals surface area contributed by atoms with Crippen LogP contribution in [-0.4, -0.2) is 6.21 Å². The SMILES string of the molecule is Fc1ccccc1/C=N\Nc1c(Cl)cc(Cl)cc1Cl. The molecule has 0 bridgehead atoms. The maximum Gasteiger partial charge on any atom is 0.132 e. The zero-order valence-electron chi connectivity index (χ0n) is 9.50. The Hall–Kier alpha value is -1.29. The van der Waals surface area contributed by atoms with E-state index in [2.05, 4.69) is 10.5 Å². The molecule has 98 valence electrons. The molecule has 0 unspecified atom stereocenters. The summed E-state index contributed by atoms with van der Waals surface area (Å²) in [5.41, 5.74) is 3.44. The Kier molecular flexibility index (Phi) is 4.64. The lowest BCUT2D eigenvalue weighted by Crippen LogP contribution is -1.94. The van der Waals surface area contributed by atoms with Crippen LogP contribution in [0.15, 0.2) is 41.5 Å². The molecule has 19 heavy (non-hydrogen) atoms. The van der Waals surface area contributed by atoms with Gasteiger partial charge in [-0.05, 0) is 18.2 Å². The monoisotopic (exact) mass is 316 g/mol. The van der Waals surface area contributed by atoms with Crippen LogP contribution in [0.3, 0.4) is 0 Å². The molecular weight excluding hydrogens is 310 g/mol. The zero-order valence-corrected chi connectivity index (χ0v) is 11.8. The molecule has 0 radical (unpaired) electrons. The lowest BCUT2D eigenvalue weighted by molar-refractivity contribution is 0.626. The second-order valence-corrected chi connectivity index (χ2v) is 4.89. The maximum absolute atomic E-state index is 13.3. The fraction of sp³-hybridized carbons (Fsp3) is 0. The summed E-state index contributed by atoms with van der Waals surface area (Å²) >= 11 is 17.7. The first-order chi connectivity index (χ1) is 9.08. The van der Waals surface area contributed by atoms with Gasteiger partial charge in [0.05, 0.1) is 21.9 Å². The summed E-state index contributed by atoms with van der Waals surface area (Å²) in [6.45, 7) is 0. The molecule has 0 spiro atoms. The number of rotatable bonds is 3. The van der Waals surface area contributed by atoms with Crippen LogP contribution in [0.5, 0.6) is 0 Å². The highest BCUT2D eigenvalue weighted by Crippen LogP contribution is 2.33. The van der Waals surface area contributed by atoms with E-state index in [1.165, 1.54) is 24.4 Å². The Bertz CT molecular complexity index is 606. The van der Waals surface area contributed by atoms with Gasteiger partial charge in [0.1, 0.15) is 5.82 Å². The highest BCUT2D eigenvalue weighted by Gasteiger charge is 2.06. The van der Waals surface area contributed by atoms with Gasteiger partial charge in [0, 0.05) is 10.6 Å². The van der Waals surface area contributed by atoms with Crippen LogP contribution in [0.1, 0.15) is 5.56 Å². The van der Waals surface area contributed by atoms with Gasteiger partial charge < -0.3 is 0 Å². The molecule has 0 aromatic heterocycles. The van der Waals surface area contributed by atoms with Gasteiger partial charge in [0.15, 0.2) is 0 Å². The van der Waals surface area contributed by atoms with Crippen molar-refractivity contribution < 1.29 is 4.39 Å². The molecule has 0 amide bonds. The Balaban J connectivity index is 2.18. The minimum absolute atomic E-state index is 0.336.